The van der Waals surface area contributed by atoms with Gasteiger partial charge in [-0.15, -0.1) is 0 Å². The number of carbonyl (C=O) groups excluding carboxylic acids is 1. The van der Waals surface area contributed by atoms with Crippen molar-refractivity contribution in [3.05, 3.63) is 66.2 Å². The highest BCUT2D eigenvalue weighted by Crippen LogP contribution is 2.30. The molecule has 0 aliphatic carbocycles. The van der Waals surface area contributed by atoms with Crippen molar-refractivity contribution in [1.82, 2.24) is 4.90 Å². The molecule has 3 rings (SSSR count). The van der Waals surface area contributed by atoms with Gasteiger partial charge in [-0.05, 0) is 43.1 Å². The first kappa shape index (κ1) is 21.5. The van der Waals surface area contributed by atoms with E-state index >= 15 is 0 Å². The molecule has 1 N–H and O–H groups in total. The van der Waals surface area contributed by atoms with Crippen molar-refractivity contribution < 1.29 is 23.0 Å². The second kappa shape index (κ2) is 9.54. The lowest BCUT2D eigenvalue weighted by Crippen LogP contribution is -2.39. The summed E-state index contributed by atoms with van der Waals surface area (Å²) in [6.45, 7) is -0.688. The van der Waals surface area contributed by atoms with Crippen LogP contribution in [-0.2, 0) is 11.3 Å². The lowest BCUT2D eigenvalue weighted by atomic mass is 10.1. The molecule has 0 unspecified atom stereocenters. The molecule has 0 spiro atoms. The van der Waals surface area contributed by atoms with Gasteiger partial charge in [0.1, 0.15) is 0 Å². The quantitative estimate of drug-likeness (QED) is 0.569. The van der Waals surface area contributed by atoms with Gasteiger partial charge in [0.2, 0.25) is 5.91 Å². The monoisotopic (exact) mass is 414 g/mol. The summed E-state index contributed by atoms with van der Waals surface area (Å²) in [5.41, 5.74) is 1.56. The number of likely N-dealkylation sites (N-methyl/N-ethyl adjacent to an activating group) is 1. The van der Waals surface area contributed by atoms with Gasteiger partial charge in [-0.3, -0.25) is 9.69 Å². The minimum absolute atomic E-state index is 0.0272. The number of ether oxygens (including phenoxy) is 2. The fourth-order valence-electron chi connectivity index (χ4n) is 3.20. The van der Waals surface area contributed by atoms with Gasteiger partial charge < -0.3 is 14.8 Å². The number of rotatable bonds is 8. The van der Waals surface area contributed by atoms with Crippen molar-refractivity contribution in [2.75, 3.05) is 19.5 Å². The molecule has 1 amide bonds. The molecule has 1 atom stereocenters. The number of methoxy groups -OCH3 is 1. The van der Waals surface area contributed by atoms with E-state index in [1.54, 1.807) is 12.1 Å². The third-order valence-corrected chi connectivity index (χ3v) is 4.96. The molecule has 3 aromatic carbocycles. The summed E-state index contributed by atoms with van der Waals surface area (Å²) < 4.78 is 34.6. The Hall–Kier alpha value is -3.19. The van der Waals surface area contributed by atoms with Crippen molar-refractivity contribution in [3.8, 4) is 11.5 Å². The van der Waals surface area contributed by atoms with Crippen LogP contribution in [0.5, 0.6) is 11.5 Å². The van der Waals surface area contributed by atoms with Gasteiger partial charge >= 0.3 is 6.61 Å². The van der Waals surface area contributed by atoms with Crippen LogP contribution in [0.3, 0.4) is 0 Å². The van der Waals surface area contributed by atoms with E-state index in [2.05, 4.69) is 10.1 Å². The van der Waals surface area contributed by atoms with Crippen LogP contribution in [0.25, 0.3) is 10.8 Å². The van der Waals surface area contributed by atoms with Crippen LogP contribution in [0.1, 0.15) is 12.5 Å². The van der Waals surface area contributed by atoms with Gasteiger partial charge in [0.15, 0.2) is 11.5 Å². The standard InChI is InChI=1S/C23H24F2N2O3/c1-15(22(28)26-19-10-6-8-17-7-4-5-9-18(17)19)27(2)14-16-11-12-20(30-23(24)25)21(13-16)29-3/h4-13,15,23H,14H2,1-3H3,(H,26,28)/t15-/m1/s1. The molecule has 0 saturated heterocycles. The molecule has 158 valence electrons. The molecule has 0 aliphatic heterocycles. The van der Waals surface area contributed by atoms with Gasteiger partial charge in [-0.1, -0.05) is 42.5 Å². The Labute approximate surface area is 174 Å². The van der Waals surface area contributed by atoms with Crippen LogP contribution < -0.4 is 14.8 Å². The van der Waals surface area contributed by atoms with Crippen molar-refractivity contribution in [2.45, 2.75) is 26.1 Å². The van der Waals surface area contributed by atoms with Crippen LogP contribution in [0, 0.1) is 0 Å². The van der Waals surface area contributed by atoms with E-state index < -0.39 is 12.7 Å². The minimum Gasteiger partial charge on any atom is -0.493 e. The lowest BCUT2D eigenvalue weighted by Gasteiger charge is -2.24. The van der Waals surface area contributed by atoms with Crippen LogP contribution in [0.15, 0.2) is 60.7 Å². The number of carbonyl (C=O) groups is 1. The maximum absolute atomic E-state index is 12.8. The molecule has 7 heteroatoms. The maximum atomic E-state index is 12.8. The summed E-state index contributed by atoms with van der Waals surface area (Å²) in [6.07, 6.45) is 0. The Kier molecular flexibility index (Phi) is 6.84. The maximum Gasteiger partial charge on any atom is 0.387 e. The second-order valence-electron chi connectivity index (χ2n) is 6.97. The zero-order chi connectivity index (χ0) is 21.7. The first-order chi connectivity index (χ1) is 14.4. The highest BCUT2D eigenvalue weighted by Gasteiger charge is 2.20. The number of nitrogens with zero attached hydrogens (tertiary/aromatic N) is 1. The zero-order valence-electron chi connectivity index (χ0n) is 17.1. The van der Waals surface area contributed by atoms with E-state index in [4.69, 9.17) is 4.74 Å². The average Bonchev–Trinajstić information content (AvgIpc) is 2.74. The van der Waals surface area contributed by atoms with E-state index in [0.29, 0.717) is 6.54 Å². The molecular formula is C23H24F2N2O3. The number of fused-ring (bicyclic) bond motifs is 1. The Morgan fingerprint density at radius 3 is 2.53 bits per heavy atom. The summed E-state index contributed by atoms with van der Waals surface area (Å²) in [4.78, 5) is 14.7. The summed E-state index contributed by atoms with van der Waals surface area (Å²) >= 11 is 0. The fraction of sp³-hybridized carbons (Fsp3) is 0.261. The molecule has 0 bridgehead atoms. The minimum atomic E-state index is -2.93. The third kappa shape index (κ3) is 5.04. The summed E-state index contributed by atoms with van der Waals surface area (Å²) in [5.74, 6) is 0.0492. The molecule has 3 aromatic rings. The fourth-order valence-corrected chi connectivity index (χ4v) is 3.20. The van der Waals surface area contributed by atoms with E-state index in [1.807, 2.05) is 61.3 Å². The smallest absolute Gasteiger partial charge is 0.387 e. The van der Waals surface area contributed by atoms with Crippen molar-refractivity contribution in [2.24, 2.45) is 0 Å². The summed E-state index contributed by atoms with van der Waals surface area (Å²) in [6, 6.07) is 17.9. The zero-order valence-corrected chi connectivity index (χ0v) is 17.1. The van der Waals surface area contributed by atoms with Crippen LogP contribution in [-0.4, -0.2) is 37.6 Å². The number of amides is 1. The molecule has 0 radical (unpaired) electrons. The average molecular weight is 414 g/mol. The first-order valence-corrected chi connectivity index (χ1v) is 9.49. The summed E-state index contributed by atoms with van der Waals surface area (Å²) in [7, 11) is 3.21. The molecule has 5 nitrogen and oxygen atoms in total. The number of alkyl halides is 2. The molecular weight excluding hydrogens is 390 g/mol. The molecule has 0 aromatic heterocycles. The van der Waals surface area contributed by atoms with Crippen LogP contribution in [0.4, 0.5) is 14.5 Å². The number of hydrogen-bond acceptors (Lipinski definition) is 4. The van der Waals surface area contributed by atoms with E-state index in [9.17, 15) is 13.6 Å². The van der Waals surface area contributed by atoms with Gasteiger partial charge in [-0.2, -0.15) is 8.78 Å². The second-order valence-corrected chi connectivity index (χ2v) is 6.97. The predicted molar refractivity (Wildman–Crippen MR) is 113 cm³/mol. The Bertz CT molecular complexity index is 1020. The Morgan fingerprint density at radius 2 is 1.80 bits per heavy atom. The first-order valence-electron chi connectivity index (χ1n) is 9.49. The normalized spacial score (nSPS) is 12.2. The van der Waals surface area contributed by atoms with Gasteiger partial charge in [0.25, 0.3) is 0 Å². The van der Waals surface area contributed by atoms with Gasteiger partial charge in [-0.25, -0.2) is 0 Å². The molecule has 0 aliphatic rings. The number of halogens is 2. The van der Waals surface area contributed by atoms with Crippen molar-refractivity contribution in [3.63, 3.8) is 0 Å². The topological polar surface area (TPSA) is 50.8 Å². The van der Waals surface area contributed by atoms with E-state index in [-0.39, 0.29) is 17.4 Å². The Morgan fingerprint density at radius 1 is 1.07 bits per heavy atom. The van der Waals surface area contributed by atoms with Crippen LogP contribution in [0.2, 0.25) is 0 Å². The Balaban J connectivity index is 1.69. The van der Waals surface area contributed by atoms with Gasteiger partial charge in [0, 0.05) is 17.6 Å². The van der Waals surface area contributed by atoms with Crippen LogP contribution >= 0.6 is 0 Å². The number of benzene rings is 3. The number of anilines is 1. The third-order valence-electron chi connectivity index (χ3n) is 4.96. The molecule has 30 heavy (non-hydrogen) atoms. The molecule has 0 heterocycles. The predicted octanol–water partition coefficient (Wildman–Crippen LogP) is 4.91. The van der Waals surface area contributed by atoms with Crippen molar-refractivity contribution >= 4 is 22.4 Å². The van der Waals surface area contributed by atoms with E-state index in [1.165, 1.54) is 13.2 Å². The largest absolute Gasteiger partial charge is 0.493 e. The SMILES string of the molecule is COc1cc(CN(C)[C@H](C)C(=O)Nc2cccc3ccccc23)ccc1OC(F)F. The highest BCUT2D eigenvalue weighted by atomic mass is 19.3. The molecule has 0 fully saturated rings. The van der Waals surface area contributed by atoms with E-state index in [0.717, 1.165) is 22.0 Å². The number of hydrogen-bond donors (Lipinski definition) is 1. The van der Waals surface area contributed by atoms with Crippen molar-refractivity contribution in [1.29, 1.82) is 0 Å². The highest BCUT2D eigenvalue weighted by molar-refractivity contribution is 6.03. The molecule has 0 saturated carbocycles. The lowest BCUT2D eigenvalue weighted by molar-refractivity contribution is -0.120. The van der Waals surface area contributed by atoms with Gasteiger partial charge in [0.05, 0.1) is 13.2 Å². The summed E-state index contributed by atoms with van der Waals surface area (Å²) in [5, 5.41) is 5.02. The number of nitrogens with one attached hydrogen (secondary N) is 1.